The molecule has 206 valence electrons. The number of nitrogens with one attached hydrogen (secondary N) is 2. The molecule has 9 nitrogen and oxygen atoms in total. The van der Waals surface area contributed by atoms with Gasteiger partial charge in [-0.2, -0.15) is 27.1 Å². The van der Waals surface area contributed by atoms with Crippen LogP contribution >= 0.6 is 0 Å². The van der Waals surface area contributed by atoms with Gasteiger partial charge in [-0.1, -0.05) is 12.1 Å². The van der Waals surface area contributed by atoms with E-state index >= 15 is 0 Å². The summed E-state index contributed by atoms with van der Waals surface area (Å²) in [5, 5.41) is 4.41. The highest BCUT2D eigenvalue weighted by molar-refractivity contribution is 6.10. The molecule has 2 N–H and O–H groups in total. The van der Waals surface area contributed by atoms with Crippen LogP contribution in [0.1, 0.15) is 47.8 Å². The summed E-state index contributed by atoms with van der Waals surface area (Å²) in [7, 11) is 0. The van der Waals surface area contributed by atoms with Crippen molar-refractivity contribution in [1.29, 1.82) is 0 Å². The van der Waals surface area contributed by atoms with Crippen LogP contribution in [0.15, 0.2) is 52.4 Å². The average molecular weight is 558 g/mol. The smallest absolute Gasteiger partial charge is 0.313 e. The van der Waals surface area contributed by atoms with Crippen molar-refractivity contribution in [3.05, 3.63) is 80.4 Å². The van der Waals surface area contributed by atoms with E-state index in [1.807, 2.05) is 0 Å². The van der Waals surface area contributed by atoms with Crippen molar-refractivity contribution >= 4 is 17.2 Å². The van der Waals surface area contributed by atoms with Gasteiger partial charge in [-0.25, -0.2) is 14.3 Å². The zero-order valence-electron chi connectivity index (χ0n) is 20.4. The second-order valence-corrected chi connectivity index (χ2v) is 10.6. The zero-order valence-corrected chi connectivity index (χ0v) is 20.4. The standard InChI is InChI=1S/C26H19F5N6O3/c27-25(28,26(29,30)31)11-36-19-7-12(1-2-17(19)24(3-4-24)22(36)39)13-8-14(13)15-9-18(35-37-6-5-32-20(15)37)16-10-33-23(40)34-21(16)38/h1-2,5-7,9-10,13-14H,3-4,8,11H2,(H2,33,34,38,40)/t13?,14-/m0/s1. The number of hydrogen-bond donors (Lipinski definition) is 2. The Morgan fingerprint density at radius 2 is 1.82 bits per heavy atom. The molecule has 2 saturated carbocycles. The molecule has 2 fully saturated rings. The lowest BCUT2D eigenvalue weighted by Crippen LogP contribution is -2.49. The molecule has 1 unspecified atom stereocenters. The molecule has 7 rings (SSSR count). The summed E-state index contributed by atoms with van der Waals surface area (Å²) in [5.41, 5.74) is 0.681. The summed E-state index contributed by atoms with van der Waals surface area (Å²) in [6.45, 7) is -1.77. The lowest BCUT2D eigenvalue weighted by atomic mass is 9.95. The van der Waals surface area contributed by atoms with Gasteiger partial charge in [0, 0.05) is 29.8 Å². The molecule has 1 aliphatic heterocycles. The number of halogens is 5. The number of amides is 1. The first-order valence-corrected chi connectivity index (χ1v) is 12.5. The summed E-state index contributed by atoms with van der Waals surface area (Å²) < 4.78 is 68.6. The van der Waals surface area contributed by atoms with Crippen molar-refractivity contribution in [2.75, 3.05) is 11.4 Å². The Hall–Kier alpha value is -4.36. The van der Waals surface area contributed by atoms with Gasteiger partial charge < -0.3 is 9.88 Å². The molecule has 1 spiro atoms. The number of hydrogen-bond acceptors (Lipinski definition) is 5. The Bertz CT molecular complexity index is 1840. The molecule has 3 aliphatic rings. The number of imidazole rings is 1. The highest BCUT2D eigenvalue weighted by Crippen LogP contribution is 2.61. The molecule has 14 heteroatoms. The molecule has 0 saturated heterocycles. The number of nitrogens with zero attached hydrogens (tertiary/aromatic N) is 4. The zero-order chi connectivity index (χ0) is 28.2. The van der Waals surface area contributed by atoms with Gasteiger partial charge in [-0.15, -0.1) is 0 Å². The molecule has 0 radical (unpaired) electrons. The van der Waals surface area contributed by atoms with Crippen LogP contribution in [0.25, 0.3) is 16.9 Å². The van der Waals surface area contributed by atoms with Crippen LogP contribution in [0.2, 0.25) is 0 Å². The van der Waals surface area contributed by atoms with Gasteiger partial charge in [-0.05, 0) is 54.4 Å². The lowest BCUT2D eigenvalue weighted by molar-refractivity contribution is -0.276. The van der Waals surface area contributed by atoms with E-state index in [9.17, 15) is 36.3 Å². The summed E-state index contributed by atoms with van der Waals surface area (Å²) in [6, 6.07) is 6.70. The summed E-state index contributed by atoms with van der Waals surface area (Å²) in [4.78, 5) is 46.4. The third-order valence-corrected chi connectivity index (χ3v) is 8.11. The maximum Gasteiger partial charge on any atom is 0.455 e. The third-order valence-electron chi connectivity index (χ3n) is 8.11. The highest BCUT2D eigenvalue weighted by atomic mass is 19.4. The molecule has 3 aromatic heterocycles. The van der Waals surface area contributed by atoms with Gasteiger partial charge in [0.05, 0.1) is 23.2 Å². The summed E-state index contributed by atoms with van der Waals surface area (Å²) >= 11 is 0. The number of aromatic amines is 2. The minimum atomic E-state index is -5.78. The maximum atomic E-state index is 14.0. The minimum Gasteiger partial charge on any atom is -0.313 e. The topological polar surface area (TPSA) is 116 Å². The van der Waals surface area contributed by atoms with Crippen LogP contribution in [0, 0.1) is 0 Å². The van der Waals surface area contributed by atoms with E-state index in [0.717, 1.165) is 5.56 Å². The number of fused-ring (bicyclic) bond motifs is 3. The van der Waals surface area contributed by atoms with E-state index in [0.29, 0.717) is 46.6 Å². The number of anilines is 1. The second-order valence-electron chi connectivity index (χ2n) is 10.6. The van der Waals surface area contributed by atoms with Gasteiger partial charge in [0.2, 0.25) is 5.91 Å². The largest absolute Gasteiger partial charge is 0.455 e. The molecule has 1 amide bonds. The van der Waals surface area contributed by atoms with Crippen molar-refractivity contribution in [2.24, 2.45) is 0 Å². The molecule has 2 atom stereocenters. The monoisotopic (exact) mass is 558 g/mol. The van der Waals surface area contributed by atoms with Crippen molar-refractivity contribution in [1.82, 2.24) is 24.6 Å². The Balaban J connectivity index is 1.25. The van der Waals surface area contributed by atoms with Crippen molar-refractivity contribution in [3.8, 4) is 11.3 Å². The first-order valence-electron chi connectivity index (χ1n) is 12.5. The molecule has 40 heavy (non-hydrogen) atoms. The molecule has 2 aliphatic carbocycles. The number of aromatic nitrogens is 5. The van der Waals surface area contributed by atoms with Crippen molar-refractivity contribution < 1.29 is 26.7 Å². The lowest BCUT2D eigenvalue weighted by Gasteiger charge is -2.26. The normalized spacial score (nSPS) is 21.3. The fourth-order valence-corrected chi connectivity index (χ4v) is 5.80. The van der Waals surface area contributed by atoms with Crippen LogP contribution in [0.3, 0.4) is 0 Å². The number of carbonyl (C=O) groups is 1. The minimum absolute atomic E-state index is 0.0933. The maximum absolute atomic E-state index is 14.0. The van der Waals surface area contributed by atoms with Crippen LogP contribution < -0.4 is 16.1 Å². The van der Waals surface area contributed by atoms with Crippen molar-refractivity contribution in [2.45, 2.75) is 48.6 Å². The number of rotatable bonds is 5. The first-order chi connectivity index (χ1) is 18.9. The van der Waals surface area contributed by atoms with Gasteiger partial charge >= 0.3 is 17.8 Å². The third kappa shape index (κ3) is 3.54. The predicted octanol–water partition coefficient (Wildman–Crippen LogP) is 3.62. The van der Waals surface area contributed by atoms with E-state index in [1.165, 1.54) is 10.7 Å². The van der Waals surface area contributed by atoms with E-state index in [4.69, 9.17) is 0 Å². The fraction of sp³-hybridized carbons (Fsp3) is 0.346. The Morgan fingerprint density at radius 3 is 2.52 bits per heavy atom. The number of alkyl halides is 5. The van der Waals surface area contributed by atoms with Gasteiger partial charge in [0.1, 0.15) is 0 Å². The average Bonchev–Trinajstić information content (AvgIpc) is 3.80. The summed E-state index contributed by atoms with van der Waals surface area (Å²) in [5.74, 6) is -6.04. The molecular weight excluding hydrogens is 539 g/mol. The van der Waals surface area contributed by atoms with Crippen LogP contribution in [-0.4, -0.2) is 49.1 Å². The van der Waals surface area contributed by atoms with E-state index in [2.05, 4.69) is 20.1 Å². The molecular formula is C26H19F5N6O3. The highest BCUT2D eigenvalue weighted by Gasteiger charge is 2.64. The van der Waals surface area contributed by atoms with Crippen LogP contribution in [-0.2, 0) is 10.2 Å². The SMILES string of the molecule is O=C1N(CC(F)(F)C(F)(F)F)c2cc(C3C[C@@H]3c3cc(-c4c[nH]c(=O)[nH]c4=O)nn4ccnc34)ccc2C12CC2. The van der Waals surface area contributed by atoms with E-state index in [-0.39, 0.29) is 23.1 Å². The molecule has 1 aromatic carbocycles. The number of carbonyl (C=O) groups excluding carboxylic acids is 1. The first kappa shape index (κ1) is 24.7. The van der Waals surface area contributed by atoms with E-state index in [1.54, 1.807) is 36.7 Å². The second kappa shape index (κ2) is 7.86. The Labute approximate surface area is 220 Å². The molecule has 4 heterocycles. The predicted molar refractivity (Wildman–Crippen MR) is 130 cm³/mol. The number of benzene rings is 1. The van der Waals surface area contributed by atoms with Gasteiger partial charge in [0.25, 0.3) is 5.56 Å². The van der Waals surface area contributed by atoms with E-state index < -0.39 is 41.2 Å². The Kier molecular flexibility index (Phi) is 4.84. The Morgan fingerprint density at radius 1 is 1.05 bits per heavy atom. The molecule has 4 aromatic rings. The molecule has 0 bridgehead atoms. The quantitative estimate of drug-likeness (QED) is 0.363. The van der Waals surface area contributed by atoms with Crippen LogP contribution in [0.5, 0.6) is 0 Å². The number of H-pyrrole nitrogens is 2. The summed E-state index contributed by atoms with van der Waals surface area (Å²) in [6.07, 6.45) is 0.0442. The van der Waals surface area contributed by atoms with Gasteiger partial charge in [-0.3, -0.25) is 14.6 Å². The fourth-order valence-electron chi connectivity index (χ4n) is 5.80. The van der Waals surface area contributed by atoms with Gasteiger partial charge in [0.15, 0.2) is 5.65 Å². The van der Waals surface area contributed by atoms with Crippen molar-refractivity contribution in [3.63, 3.8) is 0 Å². The van der Waals surface area contributed by atoms with Crippen LogP contribution in [0.4, 0.5) is 27.6 Å².